The van der Waals surface area contributed by atoms with Crippen molar-refractivity contribution in [2.45, 2.75) is 51.4 Å². The second-order valence-electron chi connectivity index (χ2n) is 4.39. The number of rotatable bonds is 7. The Bertz CT molecular complexity index is 214. The van der Waals surface area contributed by atoms with E-state index in [0.717, 1.165) is 0 Å². The molecule has 0 aliphatic heterocycles. The molecule has 17 heavy (non-hydrogen) atoms. The van der Waals surface area contributed by atoms with E-state index in [1.165, 1.54) is 13.8 Å². The molecule has 0 bridgehead atoms. The smallest absolute Gasteiger partial charge is 0.316 e. The molecule has 7 heteroatoms. The summed E-state index contributed by atoms with van der Waals surface area (Å²) in [6.45, 7) is 6.32. The maximum Gasteiger partial charge on any atom is 0.416 e. The first kappa shape index (κ1) is 20.3. The fourth-order valence-electron chi connectivity index (χ4n) is 1.54. The van der Waals surface area contributed by atoms with Gasteiger partial charge in [-0.1, -0.05) is 13.1 Å². The van der Waals surface area contributed by atoms with Crippen LogP contribution in [0.2, 0.25) is 19.1 Å². The van der Waals surface area contributed by atoms with Crippen molar-refractivity contribution >= 4 is 8.80 Å². The quantitative estimate of drug-likeness (QED) is 0.387. The summed E-state index contributed by atoms with van der Waals surface area (Å²) in [5, 5.41) is 0. The first-order valence-electron chi connectivity index (χ1n) is 5.33. The predicted octanol–water partition coefficient (Wildman–Crippen LogP) is 3.72. The summed E-state index contributed by atoms with van der Waals surface area (Å²) in [4.78, 5) is 0. The molecule has 0 aliphatic carbocycles. The fourth-order valence-corrected chi connectivity index (χ4v) is 3.08. The summed E-state index contributed by atoms with van der Waals surface area (Å²) in [6.07, 6.45) is -5.27. The summed E-state index contributed by atoms with van der Waals surface area (Å²) < 4.78 is 56.1. The van der Waals surface area contributed by atoms with Gasteiger partial charge >= 0.3 is 12.0 Å². The maximum absolute atomic E-state index is 13.2. The fraction of sp³-hybridized carbons (Fsp3) is 0.900. The molecule has 1 nitrogen and oxygen atoms in total. The molecule has 1 radical (unpaired) electrons. The molecule has 0 atom stereocenters. The van der Waals surface area contributed by atoms with E-state index in [1.807, 2.05) is 13.1 Å². The van der Waals surface area contributed by atoms with Crippen LogP contribution in [0.3, 0.4) is 0 Å². The second-order valence-corrected chi connectivity index (χ2v) is 7.58. The Hall–Kier alpha value is 1.00. The Kier molecular flexibility index (Phi) is 9.83. The first-order chi connectivity index (χ1) is 7.12. The molecule has 0 saturated heterocycles. The van der Waals surface area contributed by atoms with Crippen LogP contribution < -0.4 is 0 Å². The van der Waals surface area contributed by atoms with Gasteiger partial charge in [-0.25, -0.2) is 0 Å². The molecule has 0 amide bonds. The molecule has 101 valence electrons. The van der Waals surface area contributed by atoms with E-state index in [2.05, 4.69) is 4.74 Å². The standard InChI is InChI=1S/C10H19F4OSi.Y/c1-5-15-10(13,14)9(11,12)6-8(2)7-16(3)4;/h16H,5-7H2,1-4H3;/q-1;. The molecule has 0 aliphatic rings. The molecule has 0 aromatic carbocycles. The normalized spacial score (nSPS) is 13.1. The topological polar surface area (TPSA) is 9.23 Å². The zero-order chi connectivity index (χ0) is 13.0. The summed E-state index contributed by atoms with van der Waals surface area (Å²) in [7, 11) is -1.04. The molecule has 0 aromatic heterocycles. The number of halogens is 4. The van der Waals surface area contributed by atoms with E-state index in [1.54, 1.807) is 0 Å². The minimum Gasteiger partial charge on any atom is -0.316 e. The van der Waals surface area contributed by atoms with Gasteiger partial charge in [0, 0.05) is 41.5 Å². The van der Waals surface area contributed by atoms with Gasteiger partial charge in [0.15, 0.2) is 0 Å². The van der Waals surface area contributed by atoms with E-state index in [0.29, 0.717) is 12.0 Å². The Morgan fingerprint density at radius 1 is 1.18 bits per heavy atom. The van der Waals surface area contributed by atoms with Gasteiger partial charge in [0.2, 0.25) is 0 Å². The Labute approximate surface area is 127 Å². The van der Waals surface area contributed by atoms with Crippen molar-refractivity contribution in [3.8, 4) is 0 Å². The van der Waals surface area contributed by atoms with Crippen molar-refractivity contribution in [3.63, 3.8) is 0 Å². The Balaban J connectivity index is 0. The molecule has 0 fully saturated rings. The average Bonchev–Trinajstić information content (AvgIpc) is 1.99. The molecule has 0 aromatic rings. The van der Waals surface area contributed by atoms with Crippen LogP contribution in [0.25, 0.3) is 0 Å². The van der Waals surface area contributed by atoms with E-state index >= 15 is 0 Å². The molecular weight excluding hydrogens is 329 g/mol. The van der Waals surface area contributed by atoms with Crippen LogP contribution in [0, 0.1) is 5.92 Å². The molecule has 0 rings (SSSR count). The summed E-state index contributed by atoms with van der Waals surface area (Å²) >= 11 is 0. The van der Waals surface area contributed by atoms with Crippen molar-refractivity contribution in [1.29, 1.82) is 0 Å². The van der Waals surface area contributed by atoms with Gasteiger partial charge < -0.3 is 10.7 Å². The minimum atomic E-state index is -4.37. The van der Waals surface area contributed by atoms with Crippen LogP contribution in [-0.2, 0) is 37.4 Å². The van der Waals surface area contributed by atoms with Gasteiger partial charge in [-0.15, -0.1) is 6.42 Å². The average molecular weight is 348 g/mol. The zero-order valence-electron chi connectivity index (χ0n) is 10.7. The number of hydrogen-bond donors (Lipinski definition) is 0. The minimum absolute atomic E-state index is 0. The Morgan fingerprint density at radius 2 is 1.65 bits per heavy atom. The van der Waals surface area contributed by atoms with Crippen LogP contribution in [0.1, 0.15) is 20.3 Å². The van der Waals surface area contributed by atoms with Crippen LogP contribution in [0.15, 0.2) is 0 Å². The molecular formula is C10H19F4OSiY-. The van der Waals surface area contributed by atoms with Crippen LogP contribution in [0.4, 0.5) is 17.6 Å². The number of hydrogen-bond acceptors (Lipinski definition) is 1. The molecule has 0 N–H and O–H groups in total. The van der Waals surface area contributed by atoms with Crippen LogP contribution >= 0.6 is 0 Å². The van der Waals surface area contributed by atoms with E-state index in [9.17, 15) is 17.6 Å². The van der Waals surface area contributed by atoms with Crippen molar-refractivity contribution in [1.82, 2.24) is 0 Å². The van der Waals surface area contributed by atoms with Gasteiger partial charge in [-0.3, -0.25) is 0 Å². The predicted molar refractivity (Wildman–Crippen MR) is 58.7 cm³/mol. The van der Waals surface area contributed by atoms with Gasteiger partial charge in [0.1, 0.15) is 0 Å². The maximum atomic E-state index is 13.2. The third kappa shape index (κ3) is 7.23. The number of ether oxygens (including phenoxy) is 1. The van der Waals surface area contributed by atoms with Gasteiger partial charge in [0.05, 0.1) is 6.61 Å². The van der Waals surface area contributed by atoms with Crippen LogP contribution in [0.5, 0.6) is 0 Å². The largest absolute Gasteiger partial charge is 0.416 e. The van der Waals surface area contributed by atoms with Crippen LogP contribution in [-0.4, -0.2) is 27.4 Å². The summed E-state index contributed by atoms with van der Waals surface area (Å²) in [5.41, 5.74) is 0. The molecule has 0 saturated carbocycles. The monoisotopic (exact) mass is 348 g/mol. The van der Waals surface area contributed by atoms with Crippen molar-refractivity contribution in [2.75, 3.05) is 6.61 Å². The van der Waals surface area contributed by atoms with Crippen molar-refractivity contribution in [2.24, 2.45) is 0 Å². The molecule has 0 unspecified atom stereocenters. The molecule has 0 heterocycles. The van der Waals surface area contributed by atoms with Gasteiger partial charge in [-0.2, -0.15) is 30.5 Å². The van der Waals surface area contributed by atoms with Crippen molar-refractivity contribution in [3.05, 3.63) is 5.92 Å². The SMILES string of the molecule is CCOC(F)(F)C(F)(F)C[C-](C)C[SiH](C)C.[Y]. The summed E-state index contributed by atoms with van der Waals surface area (Å²) in [5.74, 6) is -3.69. The third-order valence-corrected chi connectivity index (χ3v) is 3.55. The van der Waals surface area contributed by atoms with Crippen molar-refractivity contribution < 1.29 is 55.0 Å². The first-order valence-corrected chi connectivity index (χ1v) is 8.46. The summed E-state index contributed by atoms with van der Waals surface area (Å²) in [6, 6.07) is 0.553. The molecule has 0 spiro atoms. The van der Waals surface area contributed by atoms with Gasteiger partial charge in [0.25, 0.3) is 0 Å². The van der Waals surface area contributed by atoms with E-state index < -0.39 is 33.9 Å². The van der Waals surface area contributed by atoms with E-state index in [4.69, 9.17) is 0 Å². The van der Waals surface area contributed by atoms with Gasteiger partial charge in [-0.05, 0) is 6.92 Å². The van der Waals surface area contributed by atoms with E-state index in [-0.39, 0.29) is 32.7 Å². The second kappa shape index (κ2) is 8.23. The number of alkyl halides is 4. The zero-order valence-corrected chi connectivity index (χ0v) is 14.7. The third-order valence-electron chi connectivity index (χ3n) is 2.03. The Morgan fingerprint density at radius 3 is 2.00 bits per heavy atom.